The van der Waals surface area contributed by atoms with Crippen molar-refractivity contribution in [1.29, 1.82) is 5.26 Å². The molecule has 2 aromatic heterocycles. The maximum atomic E-state index is 12.4. The van der Waals surface area contributed by atoms with Gasteiger partial charge >= 0.3 is 0 Å². The Balaban J connectivity index is 1.37. The molecule has 29 heavy (non-hydrogen) atoms. The lowest BCUT2D eigenvalue weighted by Crippen LogP contribution is -2.47. The average molecular weight is 385 g/mol. The number of rotatable bonds is 4. The van der Waals surface area contributed by atoms with E-state index in [-0.39, 0.29) is 5.91 Å². The van der Waals surface area contributed by atoms with Gasteiger partial charge in [-0.2, -0.15) is 5.26 Å². The van der Waals surface area contributed by atoms with Crippen LogP contribution in [0.1, 0.15) is 16.1 Å². The van der Waals surface area contributed by atoms with Crippen molar-refractivity contribution in [2.45, 2.75) is 0 Å². The Morgan fingerprint density at radius 2 is 1.72 bits per heavy atom. The Hall–Kier alpha value is -3.99. The molecule has 0 aliphatic carbocycles. The molecule has 1 aliphatic heterocycles. The first kappa shape index (κ1) is 18.4. The van der Waals surface area contributed by atoms with Gasteiger partial charge in [-0.3, -0.25) is 4.79 Å². The normalized spacial score (nSPS) is 13.6. The molecule has 0 spiro atoms. The summed E-state index contributed by atoms with van der Waals surface area (Å²) in [7, 11) is 0. The molecule has 1 aromatic carbocycles. The average Bonchev–Trinajstić information content (AvgIpc) is 2.80. The van der Waals surface area contributed by atoms with E-state index in [0.29, 0.717) is 16.9 Å². The molecule has 0 radical (unpaired) electrons. The van der Waals surface area contributed by atoms with Crippen LogP contribution in [0.3, 0.4) is 0 Å². The standard InChI is InChI=1S/C21H19N7O/c22-14-16-3-1-4-17(13-16)26-20(29)19-6-5-18(15-25-19)27-9-11-28(12-10-27)21-23-7-2-8-24-21/h1-8,13,15H,9-12H2,(H,26,29). The molecule has 1 fully saturated rings. The first-order valence-electron chi connectivity index (χ1n) is 9.27. The largest absolute Gasteiger partial charge is 0.367 e. The molecule has 0 bridgehead atoms. The van der Waals surface area contributed by atoms with E-state index in [1.807, 2.05) is 12.1 Å². The molecule has 0 atom stereocenters. The van der Waals surface area contributed by atoms with Crippen LogP contribution >= 0.6 is 0 Å². The van der Waals surface area contributed by atoms with Crippen molar-refractivity contribution in [3.05, 3.63) is 72.3 Å². The van der Waals surface area contributed by atoms with Crippen LogP contribution in [0, 0.1) is 11.3 Å². The lowest BCUT2D eigenvalue weighted by Gasteiger charge is -2.35. The summed E-state index contributed by atoms with van der Waals surface area (Å²) in [6.45, 7) is 3.29. The number of amides is 1. The highest BCUT2D eigenvalue weighted by molar-refractivity contribution is 6.03. The van der Waals surface area contributed by atoms with Crippen molar-refractivity contribution in [1.82, 2.24) is 15.0 Å². The minimum absolute atomic E-state index is 0.308. The van der Waals surface area contributed by atoms with Crippen LogP contribution < -0.4 is 15.1 Å². The van der Waals surface area contributed by atoms with E-state index in [1.165, 1.54) is 0 Å². The smallest absolute Gasteiger partial charge is 0.274 e. The SMILES string of the molecule is N#Cc1cccc(NC(=O)c2ccc(N3CCN(c4ncccn4)CC3)cn2)c1. The summed E-state index contributed by atoms with van der Waals surface area (Å²) in [5.41, 5.74) is 2.36. The van der Waals surface area contributed by atoms with E-state index in [2.05, 4.69) is 36.1 Å². The number of nitrogens with one attached hydrogen (secondary N) is 1. The van der Waals surface area contributed by atoms with Gasteiger partial charge in [-0.1, -0.05) is 6.07 Å². The summed E-state index contributed by atoms with van der Waals surface area (Å²) in [5, 5.41) is 11.7. The van der Waals surface area contributed by atoms with E-state index < -0.39 is 0 Å². The van der Waals surface area contributed by atoms with Crippen molar-refractivity contribution < 1.29 is 4.79 Å². The van der Waals surface area contributed by atoms with Crippen LogP contribution in [0.4, 0.5) is 17.3 Å². The number of hydrogen-bond donors (Lipinski definition) is 1. The monoisotopic (exact) mass is 385 g/mol. The van der Waals surface area contributed by atoms with Gasteiger partial charge in [0, 0.05) is 44.3 Å². The van der Waals surface area contributed by atoms with Gasteiger partial charge < -0.3 is 15.1 Å². The highest BCUT2D eigenvalue weighted by Crippen LogP contribution is 2.18. The van der Waals surface area contributed by atoms with Gasteiger partial charge in [0.2, 0.25) is 5.95 Å². The van der Waals surface area contributed by atoms with Gasteiger partial charge in [0.1, 0.15) is 5.69 Å². The lowest BCUT2D eigenvalue weighted by molar-refractivity contribution is 0.102. The van der Waals surface area contributed by atoms with Crippen molar-refractivity contribution in [2.75, 3.05) is 41.3 Å². The minimum Gasteiger partial charge on any atom is -0.367 e. The van der Waals surface area contributed by atoms with E-state index >= 15 is 0 Å². The van der Waals surface area contributed by atoms with Gasteiger partial charge in [-0.25, -0.2) is 15.0 Å². The third-order valence-corrected chi connectivity index (χ3v) is 4.71. The van der Waals surface area contributed by atoms with Gasteiger partial charge in [-0.15, -0.1) is 0 Å². The zero-order valence-electron chi connectivity index (χ0n) is 15.7. The summed E-state index contributed by atoms with van der Waals surface area (Å²) >= 11 is 0. The Morgan fingerprint density at radius 3 is 2.41 bits per heavy atom. The maximum absolute atomic E-state index is 12.4. The van der Waals surface area contributed by atoms with E-state index in [1.54, 1.807) is 48.9 Å². The molecule has 8 nitrogen and oxygen atoms in total. The van der Waals surface area contributed by atoms with Gasteiger partial charge in [-0.05, 0) is 36.4 Å². The molecule has 8 heteroatoms. The molecule has 1 N–H and O–H groups in total. The van der Waals surface area contributed by atoms with E-state index in [0.717, 1.165) is 37.8 Å². The zero-order chi connectivity index (χ0) is 20.1. The molecule has 4 rings (SSSR count). The fourth-order valence-corrected chi connectivity index (χ4v) is 3.19. The van der Waals surface area contributed by atoms with Crippen LogP contribution in [0.15, 0.2) is 61.1 Å². The fourth-order valence-electron chi connectivity index (χ4n) is 3.19. The summed E-state index contributed by atoms with van der Waals surface area (Å²) in [5.74, 6) is 0.440. The number of anilines is 3. The van der Waals surface area contributed by atoms with Crippen molar-refractivity contribution >= 4 is 23.2 Å². The Labute approximate surface area is 168 Å². The summed E-state index contributed by atoms with van der Waals surface area (Å²) < 4.78 is 0. The fraction of sp³-hybridized carbons (Fsp3) is 0.190. The van der Waals surface area contributed by atoms with Crippen LogP contribution in [0.25, 0.3) is 0 Å². The van der Waals surface area contributed by atoms with Gasteiger partial charge in [0.25, 0.3) is 5.91 Å². The Bertz CT molecular complexity index is 1020. The summed E-state index contributed by atoms with van der Waals surface area (Å²) in [6.07, 6.45) is 5.22. The second-order valence-electron chi connectivity index (χ2n) is 6.57. The van der Waals surface area contributed by atoms with Crippen LogP contribution in [-0.4, -0.2) is 47.0 Å². The van der Waals surface area contributed by atoms with E-state index in [9.17, 15) is 4.79 Å². The van der Waals surface area contributed by atoms with Crippen molar-refractivity contribution in [3.63, 3.8) is 0 Å². The number of piperazine rings is 1. The number of nitrogens with zero attached hydrogens (tertiary/aromatic N) is 6. The molecule has 3 aromatic rings. The molecular formula is C21H19N7O. The third kappa shape index (κ3) is 4.30. The first-order valence-corrected chi connectivity index (χ1v) is 9.27. The topological polar surface area (TPSA) is 98.0 Å². The molecule has 1 saturated heterocycles. The highest BCUT2D eigenvalue weighted by atomic mass is 16.1. The van der Waals surface area contributed by atoms with Crippen molar-refractivity contribution in [2.24, 2.45) is 0 Å². The third-order valence-electron chi connectivity index (χ3n) is 4.71. The number of nitriles is 1. The molecule has 144 valence electrons. The Kier molecular flexibility index (Phi) is 5.29. The zero-order valence-corrected chi connectivity index (χ0v) is 15.7. The second-order valence-corrected chi connectivity index (χ2v) is 6.57. The summed E-state index contributed by atoms with van der Waals surface area (Å²) in [6, 6.07) is 14.3. The maximum Gasteiger partial charge on any atom is 0.274 e. The minimum atomic E-state index is -0.308. The van der Waals surface area contributed by atoms with Gasteiger partial charge in [0.15, 0.2) is 0 Å². The number of carbonyl (C=O) groups excluding carboxylic acids is 1. The molecule has 0 unspecified atom stereocenters. The second kappa shape index (κ2) is 8.35. The van der Waals surface area contributed by atoms with Crippen LogP contribution in [-0.2, 0) is 0 Å². The number of hydrogen-bond acceptors (Lipinski definition) is 7. The Morgan fingerprint density at radius 1 is 0.966 bits per heavy atom. The molecule has 0 saturated carbocycles. The quantitative estimate of drug-likeness (QED) is 0.736. The number of aromatic nitrogens is 3. The van der Waals surface area contributed by atoms with Crippen LogP contribution in [0.5, 0.6) is 0 Å². The number of carbonyl (C=O) groups is 1. The lowest BCUT2D eigenvalue weighted by atomic mass is 10.2. The number of pyridine rings is 1. The highest BCUT2D eigenvalue weighted by Gasteiger charge is 2.19. The predicted octanol–water partition coefficient (Wildman–Crippen LogP) is 2.32. The molecule has 3 heterocycles. The summed E-state index contributed by atoms with van der Waals surface area (Å²) in [4.78, 5) is 29.7. The first-order chi connectivity index (χ1) is 14.2. The molecular weight excluding hydrogens is 366 g/mol. The number of benzene rings is 1. The van der Waals surface area contributed by atoms with E-state index in [4.69, 9.17) is 5.26 Å². The molecule has 1 aliphatic rings. The molecule has 1 amide bonds. The predicted molar refractivity (Wildman–Crippen MR) is 110 cm³/mol. The van der Waals surface area contributed by atoms with Crippen LogP contribution in [0.2, 0.25) is 0 Å². The van der Waals surface area contributed by atoms with Gasteiger partial charge in [0.05, 0.1) is 23.5 Å². The van der Waals surface area contributed by atoms with Crippen molar-refractivity contribution in [3.8, 4) is 6.07 Å².